The van der Waals surface area contributed by atoms with Crippen LogP contribution in [0.1, 0.15) is 6.42 Å². The Kier molecular flexibility index (Phi) is 3.21. The molecule has 1 atom stereocenters. The Balaban J connectivity index is 2.06. The predicted molar refractivity (Wildman–Crippen MR) is 53.0 cm³/mol. The van der Waals surface area contributed by atoms with Crippen molar-refractivity contribution < 1.29 is 23.0 Å². The van der Waals surface area contributed by atoms with Gasteiger partial charge in [-0.3, -0.25) is 0 Å². The van der Waals surface area contributed by atoms with E-state index >= 15 is 0 Å². The van der Waals surface area contributed by atoms with Gasteiger partial charge in [0.1, 0.15) is 5.60 Å². The highest BCUT2D eigenvalue weighted by atomic mass is 19.2. The summed E-state index contributed by atoms with van der Waals surface area (Å²) in [6.45, 7) is 0.485. The summed E-state index contributed by atoms with van der Waals surface area (Å²) < 4.78 is 43.5. The largest absolute Gasteiger partial charge is 0.386 e. The number of aliphatic hydroxyl groups is 1. The lowest BCUT2D eigenvalue weighted by molar-refractivity contribution is 0.0380. The van der Waals surface area contributed by atoms with E-state index in [4.69, 9.17) is 4.74 Å². The molecule has 0 saturated carbocycles. The fourth-order valence-corrected chi connectivity index (χ4v) is 1.55. The molecule has 4 nitrogen and oxygen atoms in total. The number of nitrogens with zero attached hydrogens (tertiary/aromatic N) is 1. The molecule has 1 aliphatic heterocycles. The van der Waals surface area contributed by atoms with Crippen molar-refractivity contribution in [2.75, 3.05) is 25.1 Å². The average molecular weight is 248 g/mol. The van der Waals surface area contributed by atoms with Crippen LogP contribution in [0.4, 0.5) is 19.0 Å². The molecule has 0 aliphatic carbocycles. The van der Waals surface area contributed by atoms with Crippen molar-refractivity contribution in [3.63, 3.8) is 0 Å². The van der Waals surface area contributed by atoms with Crippen LogP contribution >= 0.6 is 0 Å². The predicted octanol–water partition coefficient (Wildman–Crippen LogP) is 1.06. The van der Waals surface area contributed by atoms with E-state index < -0.39 is 29.0 Å². The summed E-state index contributed by atoms with van der Waals surface area (Å²) >= 11 is 0. The quantitative estimate of drug-likeness (QED) is 0.785. The maximum atomic E-state index is 13.2. The second kappa shape index (κ2) is 4.50. The molecule has 1 fully saturated rings. The highest BCUT2D eigenvalue weighted by molar-refractivity contribution is 5.36. The van der Waals surface area contributed by atoms with Crippen LogP contribution in [0.15, 0.2) is 6.07 Å². The van der Waals surface area contributed by atoms with Crippen LogP contribution < -0.4 is 5.32 Å². The molecule has 1 aliphatic rings. The van der Waals surface area contributed by atoms with Crippen molar-refractivity contribution >= 4 is 5.82 Å². The maximum Gasteiger partial charge on any atom is 0.251 e. The van der Waals surface area contributed by atoms with E-state index in [1.807, 2.05) is 0 Å². The standard InChI is InChI=1S/C10H11F3N2O2/c11-6-3-7(12)9(15-8(6)13)14-4-10(16)1-2-17-5-10/h3,16H,1-2,4-5H2,(H,14,15). The normalized spacial score (nSPS) is 24.0. The van der Waals surface area contributed by atoms with E-state index in [1.165, 1.54) is 0 Å². The number of pyridine rings is 1. The van der Waals surface area contributed by atoms with Crippen LogP contribution in [0.3, 0.4) is 0 Å². The molecule has 1 unspecified atom stereocenters. The lowest BCUT2D eigenvalue weighted by Gasteiger charge is -2.21. The number of anilines is 1. The molecule has 2 heterocycles. The topological polar surface area (TPSA) is 54.4 Å². The van der Waals surface area contributed by atoms with Crippen LogP contribution in [0.25, 0.3) is 0 Å². The van der Waals surface area contributed by atoms with E-state index in [2.05, 4.69) is 10.3 Å². The van der Waals surface area contributed by atoms with E-state index in [-0.39, 0.29) is 13.2 Å². The first-order valence-electron chi connectivity index (χ1n) is 5.06. The van der Waals surface area contributed by atoms with Crippen LogP contribution in [0, 0.1) is 17.6 Å². The molecule has 1 aromatic rings. The summed E-state index contributed by atoms with van der Waals surface area (Å²) in [5, 5.41) is 12.3. The zero-order valence-corrected chi connectivity index (χ0v) is 8.84. The number of hydrogen-bond donors (Lipinski definition) is 2. The SMILES string of the molecule is OC1(CNc2nc(F)c(F)cc2F)CCOC1. The first kappa shape index (κ1) is 12.1. The number of nitrogens with one attached hydrogen (secondary N) is 1. The van der Waals surface area contributed by atoms with Crippen molar-refractivity contribution in [1.82, 2.24) is 4.98 Å². The number of aromatic nitrogens is 1. The first-order chi connectivity index (χ1) is 8.00. The Morgan fingerprint density at radius 1 is 1.41 bits per heavy atom. The van der Waals surface area contributed by atoms with Gasteiger partial charge in [0.05, 0.1) is 6.61 Å². The molecular weight excluding hydrogens is 237 g/mol. The van der Waals surface area contributed by atoms with Gasteiger partial charge in [0.2, 0.25) is 0 Å². The van der Waals surface area contributed by atoms with Gasteiger partial charge in [0.25, 0.3) is 5.95 Å². The summed E-state index contributed by atoms with van der Waals surface area (Å²) in [6.07, 6.45) is 0.394. The minimum absolute atomic E-state index is 0.0397. The van der Waals surface area contributed by atoms with Gasteiger partial charge in [-0.2, -0.15) is 9.37 Å². The van der Waals surface area contributed by atoms with Crippen molar-refractivity contribution in [2.45, 2.75) is 12.0 Å². The Hall–Kier alpha value is -1.34. The molecular formula is C10H11F3N2O2. The Morgan fingerprint density at radius 2 is 2.18 bits per heavy atom. The Labute approximate surface area is 95.4 Å². The summed E-state index contributed by atoms with van der Waals surface area (Å²) in [7, 11) is 0. The molecule has 2 N–H and O–H groups in total. The lowest BCUT2D eigenvalue weighted by atomic mass is 10.0. The van der Waals surface area contributed by atoms with Gasteiger partial charge in [-0.05, 0) is 0 Å². The molecule has 1 aromatic heterocycles. The monoisotopic (exact) mass is 248 g/mol. The van der Waals surface area contributed by atoms with Crippen molar-refractivity contribution in [3.05, 3.63) is 23.6 Å². The Morgan fingerprint density at radius 3 is 2.82 bits per heavy atom. The molecule has 0 spiro atoms. The summed E-state index contributed by atoms with van der Waals surface area (Å²) in [4.78, 5) is 3.08. The van der Waals surface area contributed by atoms with Gasteiger partial charge in [-0.15, -0.1) is 0 Å². The van der Waals surface area contributed by atoms with Crippen molar-refractivity contribution in [1.29, 1.82) is 0 Å². The van der Waals surface area contributed by atoms with Crippen LogP contribution in [0.5, 0.6) is 0 Å². The molecule has 2 rings (SSSR count). The minimum Gasteiger partial charge on any atom is -0.386 e. The van der Waals surface area contributed by atoms with Gasteiger partial charge in [0.15, 0.2) is 17.5 Å². The Bertz CT molecular complexity index is 422. The molecule has 0 radical (unpaired) electrons. The van der Waals surface area contributed by atoms with E-state index in [0.717, 1.165) is 0 Å². The third kappa shape index (κ3) is 2.67. The molecule has 0 amide bonds. The molecule has 0 bridgehead atoms. The van der Waals surface area contributed by atoms with Crippen molar-refractivity contribution in [2.24, 2.45) is 0 Å². The highest BCUT2D eigenvalue weighted by Crippen LogP contribution is 2.20. The minimum atomic E-state index is -1.39. The molecule has 7 heteroatoms. The highest BCUT2D eigenvalue weighted by Gasteiger charge is 2.32. The van der Waals surface area contributed by atoms with Gasteiger partial charge < -0.3 is 15.2 Å². The third-order valence-corrected chi connectivity index (χ3v) is 2.55. The van der Waals surface area contributed by atoms with Gasteiger partial charge in [-0.25, -0.2) is 8.78 Å². The molecule has 17 heavy (non-hydrogen) atoms. The van der Waals surface area contributed by atoms with Gasteiger partial charge in [-0.1, -0.05) is 0 Å². The molecule has 0 aromatic carbocycles. The number of hydrogen-bond acceptors (Lipinski definition) is 4. The summed E-state index contributed by atoms with van der Waals surface area (Å²) in [6, 6.07) is 0.403. The fourth-order valence-electron chi connectivity index (χ4n) is 1.55. The second-order valence-electron chi connectivity index (χ2n) is 3.97. The fraction of sp³-hybridized carbons (Fsp3) is 0.500. The van der Waals surface area contributed by atoms with Crippen molar-refractivity contribution in [3.8, 4) is 0 Å². The smallest absolute Gasteiger partial charge is 0.251 e. The summed E-state index contributed by atoms with van der Waals surface area (Å²) in [5.41, 5.74) is -1.13. The van der Waals surface area contributed by atoms with E-state index in [1.54, 1.807) is 0 Å². The second-order valence-corrected chi connectivity index (χ2v) is 3.97. The number of rotatable bonds is 3. The van der Waals surface area contributed by atoms with Gasteiger partial charge >= 0.3 is 0 Å². The first-order valence-corrected chi connectivity index (χ1v) is 5.06. The summed E-state index contributed by atoms with van der Waals surface area (Å²) in [5.74, 6) is -4.17. The maximum absolute atomic E-state index is 13.2. The average Bonchev–Trinajstić information content (AvgIpc) is 2.69. The van der Waals surface area contributed by atoms with Crippen LogP contribution in [-0.4, -0.2) is 35.5 Å². The van der Waals surface area contributed by atoms with Gasteiger partial charge in [0, 0.05) is 25.6 Å². The number of halogens is 3. The van der Waals surface area contributed by atoms with E-state index in [0.29, 0.717) is 19.1 Å². The molecule has 1 saturated heterocycles. The third-order valence-electron chi connectivity index (χ3n) is 2.55. The lowest BCUT2D eigenvalue weighted by Crippen LogP contribution is -2.37. The zero-order chi connectivity index (χ0) is 12.5. The van der Waals surface area contributed by atoms with Crippen LogP contribution in [-0.2, 0) is 4.74 Å². The van der Waals surface area contributed by atoms with Crippen LogP contribution in [0.2, 0.25) is 0 Å². The molecule has 94 valence electrons. The number of ether oxygens (including phenoxy) is 1. The zero-order valence-electron chi connectivity index (χ0n) is 8.84. The van der Waals surface area contributed by atoms with E-state index in [9.17, 15) is 18.3 Å².